The van der Waals surface area contributed by atoms with Crippen LogP contribution < -0.4 is 4.90 Å². The predicted molar refractivity (Wildman–Crippen MR) is 77.2 cm³/mol. The van der Waals surface area contributed by atoms with Crippen molar-refractivity contribution in [3.05, 3.63) is 65.7 Å². The van der Waals surface area contributed by atoms with Crippen LogP contribution in [0.2, 0.25) is 0 Å². The lowest BCUT2D eigenvalue weighted by atomic mass is 9.74. The van der Waals surface area contributed by atoms with Gasteiger partial charge in [0.2, 0.25) is 0 Å². The van der Waals surface area contributed by atoms with Crippen molar-refractivity contribution in [1.82, 2.24) is 0 Å². The second-order valence-corrected chi connectivity index (χ2v) is 5.16. The lowest BCUT2D eigenvalue weighted by Gasteiger charge is -2.28. The third-order valence-electron chi connectivity index (χ3n) is 4.05. The minimum absolute atomic E-state index is 0.193. The number of likely N-dealkylation sites (N-methyl/N-ethyl adjacent to an activating group) is 1. The van der Waals surface area contributed by atoms with Crippen LogP contribution in [0.1, 0.15) is 17.5 Å². The van der Waals surface area contributed by atoms with Crippen LogP contribution in [0, 0.1) is 11.3 Å². The van der Waals surface area contributed by atoms with Crippen molar-refractivity contribution < 1.29 is 0 Å². The molecule has 1 aliphatic rings. The van der Waals surface area contributed by atoms with Gasteiger partial charge in [0.1, 0.15) is 0 Å². The van der Waals surface area contributed by atoms with Gasteiger partial charge < -0.3 is 4.90 Å². The molecule has 94 valence electrons. The highest BCUT2D eigenvalue weighted by Crippen LogP contribution is 2.46. The van der Waals surface area contributed by atoms with Gasteiger partial charge in [0, 0.05) is 19.3 Å². The number of fused-ring (bicyclic) bond motifs is 1. The minimum atomic E-state index is -0.193. The smallest absolute Gasteiger partial charge is 0.0635 e. The molecule has 0 N–H and O–H groups in total. The molecule has 0 amide bonds. The Morgan fingerprint density at radius 3 is 2.53 bits per heavy atom. The first-order valence-corrected chi connectivity index (χ1v) is 6.51. The minimum Gasteiger partial charge on any atom is -0.373 e. The summed E-state index contributed by atoms with van der Waals surface area (Å²) in [5.74, 6) is 0. The number of para-hydroxylation sites is 1. The second kappa shape index (κ2) is 4.44. The standard InChI is InChI=1S/C17H16N2/c1-19-13-17(11-12-18,14-7-3-2-4-8-14)15-9-5-6-10-16(15)19/h2-10H,11,13H2,1H3/t17-/m0/s1. The van der Waals surface area contributed by atoms with E-state index >= 15 is 0 Å². The maximum atomic E-state index is 9.30. The maximum Gasteiger partial charge on any atom is 0.0635 e. The van der Waals surface area contributed by atoms with Crippen molar-refractivity contribution in [3.8, 4) is 6.07 Å². The molecule has 1 aliphatic heterocycles. The van der Waals surface area contributed by atoms with Crippen LogP contribution in [0.25, 0.3) is 0 Å². The first-order chi connectivity index (χ1) is 9.28. The summed E-state index contributed by atoms with van der Waals surface area (Å²) in [5.41, 5.74) is 3.54. The van der Waals surface area contributed by atoms with E-state index in [4.69, 9.17) is 0 Å². The van der Waals surface area contributed by atoms with E-state index < -0.39 is 0 Å². The highest BCUT2D eigenvalue weighted by Gasteiger charge is 2.42. The van der Waals surface area contributed by atoms with Crippen LogP contribution in [0.5, 0.6) is 0 Å². The molecular formula is C17H16N2. The molecule has 0 aliphatic carbocycles. The van der Waals surface area contributed by atoms with Gasteiger partial charge in [-0.3, -0.25) is 0 Å². The Morgan fingerprint density at radius 1 is 1.11 bits per heavy atom. The first kappa shape index (κ1) is 11.8. The fourth-order valence-corrected chi connectivity index (χ4v) is 3.18. The van der Waals surface area contributed by atoms with Gasteiger partial charge in [-0.05, 0) is 17.2 Å². The average molecular weight is 248 g/mol. The fraction of sp³-hybridized carbons (Fsp3) is 0.235. The number of rotatable bonds is 2. The number of nitriles is 1. The van der Waals surface area contributed by atoms with Crippen LogP contribution >= 0.6 is 0 Å². The zero-order valence-electron chi connectivity index (χ0n) is 11.0. The van der Waals surface area contributed by atoms with Crippen LogP contribution in [0.4, 0.5) is 5.69 Å². The van der Waals surface area contributed by atoms with Crippen LogP contribution in [0.3, 0.4) is 0 Å². The summed E-state index contributed by atoms with van der Waals surface area (Å²) in [5, 5.41) is 9.30. The predicted octanol–water partition coefficient (Wildman–Crippen LogP) is 3.34. The van der Waals surface area contributed by atoms with E-state index in [1.807, 2.05) is 6.07 Å². The summed E-state index contributed by atoms with van der Waals surface area (Å²) in [4.78, 5) is 2.25. The quantitative estimate of drug-likeness (QED) is 0.815. The lowest BCUT2D eigenvalue weighted by Crippen LogP contribution is -2.32. The summed E-state index contributed by atoms with van der Waals surface area (Å²) in [6.07, 6.45) is 0.512. The fourth-order valence-electron chi connectivity index (χ4n) is 3.18. The van der Waals surface area contributed by atoms with Crippen molar-refractivity contribution in [3.63, 3.8) is 0 Å². The van der Waals surface area contributed by atoms with Gasteiger partial charge in [-0.15, -0.1) is 0 Å². The first-order valence-electron chi connectivity index (χ1n) is 6.51. The molecule has 0 bridgehead atoms. The molecule has 2 aromatic carbocycles. The molecule has 0 aromatic heterocycles. The largest absolute Gasteiger partial charge is 0.373 e. The van der Waals surface area contributed by atoms with E-state index in [0.29, 0.717) is 6.42 Å². The third-order valence-corrected chi connectivity index (χ3v) is 4.05. The van der Waals surface area contributed by atoms with Gasteiger partial charge in [0.05, 0.1) is 17.9 Å². The molecule has 19 heavy (non-hydrogen) atoms. The molecule has 0 spiro atoms. The Kier molecular flexibility index (Phi) is 2.76. The summed E-state index contributed by atoms with van der Waals surface area (Å²) in [6, 6.07) is 21.2. The Hall–Kier alpha value is -2.27. The summed E-state index contributed by atoms with van der Waals surface area (Å²) in [7, 11) is 2.10. The number of hydrogen-bond acceptors (Lipinski definition) is 2. The number of anilines is 1. The second-order valence-electron chi connectivity index (χ2n) is 5.16. The van der Waals surface area contributed by atoms with Gasteiger partial charge in [0.15, 0.2) is 0 Å². The molecule has 2 heteroatoms. The molecule has 3 rings (SSSR count). The average Bonchev–Trinajstić information content (AvgIpc) is 2.75. The molecule has 2 nitrogen and oxygen atoms in total. The number of benzene rings is 2. The monoisotopic (exact) mass is 248 g/mol. The Bertz CT molecular complexity index is 627. The molecular weight excluding hydrogens is 232 g/mol. The molecule has 0 radical (unpaired) electrons. The maximum absolute atomic E-state index is 9.30. The van der Waals surface area contributed by atoms with Crippen molar-refractivity contribution in [1.29, 1.82) is 5.26 Å². The molecule has 0 saturated carbocycles. The molecule has 2 aromatic rings. The lowest BCUT2D eigenvalue weighted by molar-refractivity contribution is 0.561. The van der Waals surface area contributed by atoms with Crippen molar-refractivity contribution in [2.45, 2.75) is 11.8 Å². The highest BCUT2D eigenvalue weighted by atomic mass is 15.1. The molecule has 0 fully saturated rings. The Labute approximate surface area is 113 Å². The summed E-state index contributed by atoms with van der Waals surface area (Å²) in [6.45, 7) is 0.865. The van der Waals surface area contributed by atoms with E-state index in [0.717, 1.165) is 6.54 Å². The van der Waals surface area contributed by atoms with Crippen LogP contribution in [-0.2, 0) is 5.41 Å². The van der Waals surface area contributed by atoms with E-state index in [2.05, 4.69) is 66.5 Å². The Balaban J connectivity index is 2.22. The highest BCUT2D eigenvalue weighted by molar-refractivity contribution is 5.66. The molecule has 1 heterocycles. The topological polar surface area (TPSA) is 27.0 Å². The third kappa shape index (κ3) is 1.70. The van der Waals surface area contributed by atoms with Gasteiger partial charge in [0.25, 0.3) is 0 Å². The van der Waals surface area contributed by atoms with E-state index in [9.17, 15) is 5.26 Å². The van der Waals surface area contributed by atoms with E-state index in [1.165, 1.54) is 16.8 Å². The van der Waals surface area contributed by atoms with Crippen LogP contribution in [0.15, 0.2) is 54.6 Å². The summed E-state index contributed by atoms with van der Waals surface area (Å²) >= 11 is 0. The van der Waals surface area contributed by atoms with Crippen molar-refractivity contribution >= 4 is 5.69 Å². The van der Waals surface area contributed by atoms with Crippen molar-refractivity contribution in [2.75, 3.05) is 18.5 Å². The number of nitrogens with zero attached hydrogens (tertiary/aromatic N) is 2. The van der Waals surface area contributed by atoms with Gasteiger partial charge in [-0.2, -0.15) is 5.26 Å². The SMILES string of the molecule is CN1C[C@@](CC#N)(c2ccccc2)c2ccccc21. The Morgan fingerprint density at radius 2 is 1.79 bits per heavy atom. The summed E-state index contributed by atoms with van der Waals surface area (Å²) < 4.78 is 0. The zero-order valence-corrected chi connectivity index (χ0v) is 11.0. The van der Waals surface area contributed by atoms with Gasteiger partial charge >= 0.3 is 0 Å². The molecule has 0 unspecified atom stereocenters. The van der Waals surface area contributed by atoms with E-state index in [1.54, 1.807) is 0 Å². The van der Waals surface area contributed by atoms with Gasteiger partial charge in [-0.25, -0.2) is 0 Å². The molecule has 0 saturated heterocycles. The zero-order chi connectivity index (χ0) is 13.3. The normalized spacial score (nSPS) is 20.9. The van der Waals surface area contributed by atoms with Crippen molar-refractivity contribution in [2.24, 2.45) is 0 Å². The van der Waals surface area contributed by atoms with Crippen LogP contribution in [-0.4, -0.2) is 13.6 Å². The number of hydrogen-bond donors (Lipinski definition) is 0. The van der Waals surface area contributed by atoms with E-state index in [-0.39, 0.29) is 5.41 Å². The molecule has 1 atom stereocenters. The van der Waals surface area contributed by atoms with Gasteiger partial charge in [-0.1, -0.05) is 48.5 Å².